The van der Waals surface area contributed by atoms with Gasteiger partial charge in [-0.3, -0.25) is 18.3 Å². The predicted octanol–water partition coefficient (Wildman–Crippen LogP) is 0.823. The van der Waals surface area contributed by atoms with E-state index >= 15 is 0 Å². The summed E-state index contributed by atoms with van der Waals surface area (Å²) in [5, 5.41) is 0. The monoisotopic (exact) mass is 333 g/mol. The number of rotatable bonds is 5. The molecule has 130 valence electrons. The van der Waals surface area contributed by atoms with Crippen LogP contribution >= 0.6 is 0 Å². The Labute approximate surface area is 138 Å². The lowest BCUT2D eigenvalue weighted by molar-refractivity contribution is 0.190. The van der Waals surface area contributed by atoms with Gasteiger partial charge >= 0.3 is 5.69 Å². The Kier molecular flexibility index (Phi) is 4.08. The zero-order chi connectivity index (χ0) is 17.6. The summed E-state index contributed by atoms with van der Waals surface area (Å²) in [5.74, 6) is 0.692. The van der Waals surface area contributed by atoms with E-state index in [2.05, 4.69) is 9.55 Å². The summed E-state index contributed by atoms with van der Waals surface area (Å²) >= 11 is 0. The fourth-order valence-corrected chi connectivity index (χ4v) is 3.23. The molecule has 0 aliphatic carbocycles. The van der Waals surface area contributed by atoms with Gasteiger partial charge in [-0.2, -0.15) is 4.98 Å². The highest BCUT2D eigenvalue weighted by Crippen LogP contribution is 2.20. The van der Waals surface area contributed by atoms with Crippen LogP contribution in [0.1, 0.15) is 24.7 Å². The number of hydrogen-bond acceptors (Lipinski definition) is 4. The molecule has 0 aliphatic rings. The second kappa shape index (κ2) is 5.94. The number of ether oxygens (including phenoxy) is 1. The van der Waals surface area contributed by atoms with Crippen LogP contribution in [-0.2, 0) is 24.9 Å². The van der Waals surface area contributed by atoms with Crippen molar-refractivity contribution < 1.29 is 4.74 Å². The summed E-state index contributed by atoms with van der Waals surface area (Å²) in [6, 6.07) is 0. The Morgan fingerprint density at radius 2 is 1.83 bits per heavy atom. The molecule has 3 rings (SSSR count). The minimum atomic E-state index is -0.337. The summed E-state index contributed by atoms with van der Waals surface area (Å²) < 4.78 is 11.8. The second-order valence-corrected chi connectivity index (χ2v) is 5.98. The smallest absolute Gasteiger partial charge is 0.332 e. The van der Waals surface area contributed by atoms with Crippen LogP contribution in [0.15, 0.2) is 9.59 Å². The van der Waals surface area contributed by atoms with Crippen LogP contribution in [-0.4, -0.2) is 36.8 Å². The molecule has 0 unspecified atom stereocenters. The number of methoxy groups -OCH3 is 1. The molecule has 0 fully saturated rings. The molecule has 0 aromatic carbocycles. The maximum atomic E-state index is 12.8. The second-order valence-electron chi connectivity index (χ2n) is 5.98. The van der Waals surface area contributed by atoms with Gasteiger partial charge in [-0.25, -0.2) is 4.79 Å². The minimum Gasteiger partial charge on any atom is -0.385 e. The van der Waals surface area contributed by atoms with Gasteiger partial charge in [0.05, 0.1) is 0 Å². The van der Waals surface area contributed by atoms with Crippen LogP contribution in [0.25, 0.3) is 16.9 Å². The molecule has 0 amide bonds. The van der Waals surface area contributed by atoms with E-state index in [1.807, 2.05) is 18.2 Å². The van der Waals surface area contributed by atoms with Crippen molar-refractivity contribution in [3.05, 3.63) is 32.2 Å². The van der Waals surface area contributed by atoms with E-state index in [1.165, 1.54) is 9.13 Å². The maximum absolute atomic E-state index is 12.8. The third-order valence-electron chi connectivity index (χ3n) is 4.68. The van der Waals surface area contributed by atoms with E-state index in [4.69, 9.17) is 4.74 Å². The standard InChI is InChI=1S/C16H23N5O3/c1-6-19-14(22)12-13(18(4)16(19)23)17-15-20(8-7-9-24-5)10(2)11(3)21(12)15/h6-9H2,1-5H3. The molecule has 0 N–H and O–H groups in total. The zero-order valence-electron chi connectivity index (χ0n) is 14.8. The van der Waals surface area contributed by atoms with Gasteiger partial charge in [0.1, 0.15) is 0 Å². The van der Waals surface area contributed by atoms with Crippen molar-refractivity contribution in [2.24, 2.45) is 7.05 Å². The highest BCUT2D eigenvalue weighted by Gasteiger charge is 2.21. The molecule has 8 nitrogen and oxygen atoms in total. The first-order chi connectivity index (χ1) is 11.4. The lowest BCUT2D eigenvalue weighted by Gasteiger charge is -2.06. The summed E-state index contributed by atoms with van der Waals surface area (Å²) in [6.07, 6.45) is 0.850. The molecule has 0 bridgehead atoms. The Morgan fingerprint density at radius 1 is 1.12 bits per heavy atom. The fraction of sp³-hybridized carbons (Fsp3) is 0.562. The van der Waals surface area contributed by atoms with E-state index in [0.29, 0.717) is 30.1 Å². The Morgan fingerprint density at radius 3 is 2.46 bits per heavy atom. The molecule has 3 aromatic heterocycles. The molecule has 0 saturated carbocycles. The summed E-state index contributed by atoms with van der Waals surface area (Å²) in [6.45, 7) is 7.52. The first-order valence-corrected chi connectivity index (χ1v) is 8.10. The number of fused-ring (bicyclic) bond motifs is 3. The van der Waals surface area contributed by atoms with Crippen molar-refractivity contribution in [3.8, 4) is 0 Å². The predicted molar refractivity (Wildman–Crippen MR) is 91.8 cm³/mol. The Balaban J connectivity index is 2.40. The quantitative estimate of drug-likeness (QED) is 0.648. The van der Waals surface area contributed by atoms with Gasteiger partial charge in [0.15, 0.2) is 11.2 Å². The third-order valence-corrected chi connectivity index (χ3v) is 4.68. The Bertz CT molecular complexity index is 1030. The largest absolute Gasteiger partial charge is 0.385 e. The highest BCUT2D eigenvalue weighted by atomic mass is 16.5. The normalized spacial score (nSPS) is 11.9. The molecule has 3 heterocycles. The third kappa shape index (κ3) is 2.13. The number of imidazole rings is 2. The minimum absolute atomic E-state index is 0.291. The van der Waals surface area contributed by atoms with Gasteiger partial charge in [0, 0.05) is 45.2 Å². The summed E-state index contributed by atoms with van der Waals surface area (Å²) in [5.41, 5.74) is 2.28. The van der Waals surface area contributed by atoms with Crippen molar-refractivity contribution in [1.29, 1.82) is 0 Å². The molecule has 0 aliphatic heterocycles. The molecular weight excluding hydrogens is 310 g/mol. The summed E-state index contributed by atoms with van der Waals surface area (Å²) in [7, 11) is 3.33. The van der Waals surface area contributed by atoms with Crippen LogP contribution in [0.4, 0.5) is 0 Å². The number of aromatic nitrogens is 5. The van der Waals surface area contributed by atoms with Crippen molar-refractivity contribution in [2.45, 2.75) is 40.3 Å². The van der Waals surface area contributed by atoms with E-state index in [1.54, 1.807) is 21.1 Å². The SMILES string of the molecule is CCn1c(=O)c2c(nc3n(CCCOC)c(C)c(C)n23)n(C)c1=O. The molecule has 3 aromatic rings. The van der Waals surface area contributed by atoms with E-state index < -0.39 is 0 Å². The van der Waals surface area contributed by atoms with Gasteiger partial charge in [-0.05, 0) is 27.2 Å². The van der Waals surface area contributed by atoms with Crippen molar-refractivity contribution in [1.82, 2.24) is 23.1 Å². The number of nitrogens with zero attached hydrogens (tertiary/aromatic N) is 5. The van der Waals surface area contributed by atoms with Gasteiger partial charge in [-0.1, -0.05) is 0 Å². The lowest BCUT2D eigenvalue weighted by atomic mass is 10.3. The number of aryl methyl sites for hydroxylation is 3. The first-order valence-electron chi connectivity index (χ1n) is 8.10. The van der Waals surface area contributed by atoms with Crippen LogP contribution < -0.4 is 11.2 Å². The maximum Gasteiger partial charge on any atom is 0.332 e. The van der Waals surface area contributed by atoms with Gasteiger partial charge in [0.2, 0.25) is 5.78 Å². The van der Waals surface area contributed by atoms with Crippen molar-refractivity contribution in [2.75, 3.05) is 13.7 Å². The molecule has 0 radical (unpaired) electrons. The molecule has 0 atom stereocenters. The van der Waals surface area contributed by atoms with Crippen LogP contribution in [0.3, 0.4) is 0 Å². The fourth-order valence-electron chi connectivity index (χ4n) is 3.23. The number of hydrogen-bond donors (Lipinski definition) is 0. The molecular formula is C16H23N5O3. The average molecular weight is 333 g/mol. The Hall–Kier alpha value is -2.35. The van der Waals surface area contributed by atoms with Gasteiger partial charge in [-0.15, -0.1) is 0 Å². The molecule has 0 spiro atoms. The highest BCUT2D eigenvalue weighted by molar-refractivity contribution is 5.76. The van der Waals surface area contributed by atoms with Gasteiger partial charge in [0.25, 0.3) is 5.56 Å². The van der Waals surface area contributed by atoms with E-state index in [9.17, 15) is 9.59 Å². The van der Waals surface area contributed by atoms with Crippen molar-refractivity contribution in [3.63, 3.8) is 0 Å². The van der Waals surface area contributed by atoms with E-state index in [0.717, 1.165) is 24.4 Å². The zero-order valence-corrected chi connectivity index (χ0v) is 14.8. The van der Waals surface area contributed by atoms with Crippen LogP contribution in [0.5, 0.6) is 0 Å². The van der Waals surface area contributed by atoms with E-state index in [-0.39, 0.29) is 11.2 Å². The average Bonchev–Trinajstić information content (AvgIpc) is 3.05. The molecule has 24 heavy (non-hydrogen) atoms. The topological polar surface area (TPSA) is 75.5 Å². The van der Waals surface area contributed by atoms with Crippen LogP contribution in [0.2, 0.25) is 0 Å². The summed E-state index contributed by atoms with van der Waals surface area (Å²) in [4.78, 5) is 29.7. The van der Waals surface area contributed by atoms with Gasteiger partial charge < -0.3 is 9.30 Å². The molecule has 8 heteroatoms. The first kappa shape index (κ1) is 16.5. The molecule has 0 saturated heterocycles. The lowest BCUT2D eigenvalue weighted by Crippen LogP contribution is -2.38. The van der Waals surface area contributed by atoms with Crippen molar-refractivity contribution >= 4 is 16.9 Å². The van der Waals surface area contributed by atoms with Crippen LogP contribution in [0, 0.1) is 13.8 Å².